The Kier molecular flexibility index (Phi) is 6.50. The van der Waals surface area contributed by atoms with Crippen LogP contribution >= 0.6 is 11.3 Å². The fourth-order valence-electron chi connectivity index (χ4n) is 3.72. The van der Waals surface area contributed by atoms with Crippen molar-refractivity contribution >= 4 is 33.2 Å². The molecule has 1 aromatic carbocycles. The first-order valence-electron chi connectivity index (χ1n) is 9.82. The summed E-state index contributed by atoms with van der Waals surface area (Å²) >= 11 is 1.59. The first-order valence-corrected chi connectivity index (χ1v) is 10.6. The van der Waals surface area contributed by atoms with Crippen LogP contribution in [0.25, 0.3) is 10.1 Å². The lowest BCUT2D eigenvalue weighted by atomic mass is 10.1. The summed E-state index contributed by atoms with van der Waals surface area (Å²) in [5.74, 6) is 0.311. The van der Waals surface area contributed by atoms with Crippen LogP contribution in [0.1, 0.15) is 35.5 Å². The zero-order valence-corrected chi connectivity index (χ0v) is 17.3. The van der Waals surface area contributed by atoms with Crippen LogP contribution in [0.2, 0.25) is 0 Å². The second-order valence-corrected chi connectivity index (χ2v) is 8.09. The Morgan fingerprint density at radius 2 is 1.81 bits per heavy atom. The van der Waals surface area contributed by atoms with Crippen LogP contribution in [0, 0.1) is 6.92 Å². The van der Waals surface area contributed by atoms with E-state index in [1.165, 1.54) is 10.1 Å². The molecule has 2 heterocycles. The summed E-state index contributed by atoms with van der Waals surface area (Å²) in [4.78, 5) is 32.4. The van der Waals surface area contributed by atoms with Gasteiger partial charge < -0.3 is 9.80 Å². The molecule has 1 aliphatic heterocycles. The molecule has 3 rings (SSSR count). The number of hydrogen-bond donors (Lipinski definition) is 0. The van der Waals surface area contributed by atoms with Crippen LogP contribution in [0.5, 0.6) is 0 Å². The molecule has 2 aromatic rings. The molecule has 1 aliphatic rings. The first kappa shape index (κ1) is 19.8. The van der Waals surface area contributed by atoms with E-state index in [4.69, 9.17) is 0 Å². The van der Waals surface area contributed by atoms with E-state index in [0.29, 0.717) is 13.1 Å². The number of nitrogens with zero attached hydrogens (tertiary/aromatic N) is 3. The predicted molar refractivity (Wildman–Crippen MR) is 111 cm³/mol. The number of likely N-dealkylation sites (N-methyl/N-ethyl adjacent to an activating group) is 1. The van der Waals surface area contributed by atoms with E-state index in [-0.39, 0.29) is 11.8 Å². The third-order valence-corrected chi connectivity index (χ3v) is 6.65. The largest absolute Gasteiger partial charge is 0.342 e. The molecule has 0 atom stereocenters. The van der Waals surface area contributed by atoms with Crippen LogP contribution in [-0.2, 0) is 4.79 Å². The minimum Gasteiger partial charge on any atom is -0.342 e. The van der Waals surface area contributed by atoms with E-state index >= 15 is 0 Å². The van der Waals surface area contributed by atoms with Crippen LogP contribution in [0.15, 0.2) is 24.3 Å². The lowest BCUT2D eigenvalue weighted by Gasteiger charge is -2.25. The normalized spacial score (nSPS) is 15.7. The average Bonchev–Trinajstić information content (AvgIpc) is 2.85. The van der Waals surface area contributed by atoms with Gasteiger partial charge in [-0.1, -0.05) is 18.2 Å². The summed E-state index contributed by atoms with van der Waals surface area (Å²) in [5.41, 5.74) is 1.08. The lowest BCUT2D eigenvalue weighted by molar-refractivity contribution is -0.132. The number of hydrogen-bond acceptors (Lipinski definition) is 4. The fraction of sp³-hybridized carbons (Fsp3) is 0.524. The standard InChI is InChI=1S/C21H29N3O2S/c1-4-23(5-2)19(25)15-22-11-8-12-24(14-13-22)21(26)20-16(3)17-9-6-7-10-18(17)27-20/h6-7,9-10H,4-5,8,11-15H2,1-3H3. The van der Waals surface area contributed by atoms with Crippen LogP contribution in [0.4, 0.5) is 0 Å². The quantitative estimate of drug-likeness (QED) is 0.791. The molecule has 0 saturated carbocycles. The zero-order chi connectivity index (χ0) is 19.4. The SMILES string of the molecule is CCN(CC)C(=O)CN1CCCN(C(=O)c2sc3ccccc3c2C)CC1. The second-order valence-electron chi connectivity index (χ2n) is 7.04. The molecule has 1 saturated heterocycles. The molecule has 0 N–H and O–H groups in total. The number of benzene rings is 1. The van der Waals surface area contributed by atoms with Gasteiger partial charge in [0, 0.05) is 44.0 Å². The van der Waals surface area contributed by atoms with E-state index in [1.54, 1.807) is 11.3 Å². The van der Waals surface area contributed by atoms with Gasteiger partial charge >= 0.3 is 0 Å². The maximum atomic E-state index is 13.1. The molecular weight excluding hydrogens is 358 g/mol. The number of aryl methyl sites for hydroxylation is 1. The summed E-state index contributed by atoms with van der Waals surface area (Å²) < 4.78 is 1.17. The molecule has 0 spiro atoms. The third kappa shape index (κ3) is 4.33. The topological polar surface area (TPSA) is 43.9 Å². The molecule has 0 bridgehead atoms. The Balaban J connectivity index is 1.66. The maximum Gasteiger partial charge on any atom is 0.264 e. The highest BCUT2D eigenvalue weighted by Gasteiger charge is 2.25. The predicted octanol–water partition coefficient (Wildman–Crippen LogP) is 3.23. The van der Waals surface area contributed by atoms with Gasteiger partial charge in [0.15, 0.2) is 0 Å². The van der Waals surface area contributed by atoms with Crippen molar-refractivity contribution in [2.45, 2.75) is 27.2 Å². The van der Waals surface area contributed by atoms with Crippen molar-refractivity contribution in [3.63, 3.8) is 0 Å². The minimum atomic E-state index is 0.130. The van der Waals surface area contributed by atoms with Gasteiger partial charge in [0.25, 0.3) is 5.91 Å². The highest BCUT2D eigenvalue weighted by atomic mass is 32.1. The summed E-state index contributed by atoms with van der Waals surface area (Å²) in [6.45, 7) is 11.1. The smallest absolute Gasteiger partial charge is 0.264 e. The van der Waals surface area contributed by atoms with Crippen molar-refractivity contribution < 1.29 is 9.59 Å². The number of carbonyl (C=O) groups excluding carboxylic acids is 2. The number of carbonyl (C=O) groups is 2. The van der Waals surface area contributed by atoms with Gasteiger partial charge in [-0.15, -0.1) is 11.3 Å². The van der Waals surface area contributed by atoms with Crippen molar-refractivity contribution in [2.24, 2.45) is 0 Å². The molecule has 5 nitrogen and oxygen atoms in total. The monoisotopic (exact) mass is 387 g/mol. The average molecular weight is 388 g/mol. The molecule has 0 radical (unpaired) electrons. The van der Waals surface area contributed by atoms with Crippen molar-refractivity contribution in [3.8, 4) is 0 Å². The van der Waals surface area contributed by atoms with Gasteiger partial charge in [-0.2, -0.15) is 0 Å². The molecule has 27 heavy (non-hydrogen) atoms. The summed E-state index contributed by atoms with van der Waals surface area (Å²) in [5, 5.41) is 1.17. The van der Waals surface area contributed by atoms with E-state index in [2.05, 4.69) is 17.0 Å². The molecule has 0 aliphatic carbocycles. The molecule has 2 amide bonds. The van der Waals surface area contributed by atoms with Gasteiger partial charge in [-0.3, -0.25) is 14.5 Å². The second kappa shape index (κ2) is 8.85. The van der Waals surface area contributed by atoms with Crippen molar-refractivity contribution in [2.75, 3.05) is 45.8 Å². The molecular formula is C21H29N3O2S. The van der Waals surface area contributed by atoms with Gasteiger partial charge in [-0.05, 0) is 44.2 Å². The zero-order valence-electron chi connectivity index (χ0n) is 16.5. The number of rotatable bonds is 5. The number of amides is 2. The van der Waals surface area contributed by atoms with Crippen LogP contribution in [0.3, 0.4) is 0 Å². The Hall–Kier alpha value is -1.92. The number of thiophene rings is 1. The van der Waals surface area contributed by atoms with Crippen molar-refractivity contribution in [1.29, 1.82) is 0 Å². The van der Waals surface area contributed by atoms with Gasteiger partial charge in [0.1, 0.15) is 0 Å². The van der Waals surface area contributed by atoms with E-state index in [1.807, 2.05) is 42.7 Å². The molecule has 1 fully saturated rings. The first-order chi connectivity index (χ1) is 13.0. The van der Waals surface area contributed by atoms with E-state index in [9.17, 15) is 9.59 Å². The summed E-state index contributed by atoms with van der Waals surface area (Å²) in [7, 11) is 0. The molecule has 0 unspecified atom stereocenters. The third-order valence-electron chi connectivity index (χ3n) is 5.39. The van der Waals surface area contributed by atoms with Crippen LogP contribution < -0.4 is 0 Å². The Bertz CT molecular complexity index is 813. The highest BCUT2D eigenvalue weighted by molar-refractivity contribution is 7.21. The minimum absolute atomic E-state index is 0.130. The van der Waals surface area contributed by atoms with E-state index in [0.717, 1.165) is 49.6 Å². The summed E-state index contributed by atoms with van der Waals surface area (Å²) in [6.07, 6.45) is 0.904. The van der Waals surface area contributed by atoms with Crippen LogP contribution in [-0.4, -0.2) is 72.3 Å². The van der Waals surface area contributed by atoms with Crippen molar-refractivity contribution in [1.82, 2.24) is 14.7 Å². The van der Waals surface area contributed by atoms with Gasteiger partial charge in [-0.25, -0.2) is 0 Å². The highest BCUT2D eigenvalue weighted by Crippen LogP contribution is 2.31. The summed E-state index contributed by atoms with van der Waals surface area (Å²) in [6, 6.07) is 8.20. The number of fused-ring (bicyclic) bond motifs is 1. The van der Waals surface area contributed by atoms with Crippen molar-refractivity contribution in [3.05, 3.63) is 34.7 Å². The lowest BCUT2D eigenvalue weighted by Crippen LogP contribution is -2.42. The molecule has 146 valence electrons. The maximum absolute atomic E-state index is 13.1. The molecule has 1 aromatic heterocycles. The van der Waals surface area contributed by atoms with Gasteiger partial charge in [0.05, 0.1) is 11.4 Å². The van der Waals surface area contributed by atoms with E-state index < -0.39 is 0 Å². The molecule has 6 heteroatoms. The fourth-order valence-corrected chi connectivity index (χ4v) is 4.90. The Labute approximate surface area is 165 Å². The Morgan fingerprint density at radius 1 is 1.07 bits per heavy atom. The Morgan fingerprint density at radius 3 is 2.52 bits per heavy atom. The van der Waals surface area contributed by atoms with Gasteiger partial charge in [0.2, 0.25) is 5.91 Å².